The highest BCUT2D eigenvalue weighted by atomic mass is 32.2. The summed E-state index contributed by atoms with van der Waals surface area (Å²) < 4.78 is 0. The zero-order chi connectivity index (χ0) is 10.9. The molecule has 1 nitrogen and oxygen atoms in total. The summed E-state index contributed by atoms with van der Waals surface area (Å²) >= 11 is 3.62. The number of benzene rings is 1. The van der Waals surface area contributed by atoms with E-state index in [4.69, 9.17) is 5.73 Å². The van der Waals surface area contributed by atoms with Gasteiger partial charge < -0.3 is 5.73 Å². The quantitative estimate of drug-likeness (QED) is 0.817. The van der Waals surface area contributed by atoms with Crippen molar-refractivity contribution < 1.29 is 0 Å². The Labute approximate surface area is 100 Å². The SMILES string of the molecule is CSc1ccc(CC2(N)CC2)c(SC)c1. The molecule has 0 radical (unpaired) electrons. The van der Waals surface area contributed by atoms with Gasteiger partial charge in [-0.3, -0.25) is 0 Å². The van der Waals surface area contributed by atoms with Crippen molar-refractivity contribution in [2.24, 2.45) is 5.73 Å². The van der Waals surface area contributed by atoms with Crippen molar-refractivity contribution in [3.8, 4) is 0 Å². The molecule has 0 amide bonds. The summed E-state index contributed by atoms with van der Waals surface area (Å²) in [5.41, 5.74) is 7.69. The maximum Gasteiger partial charge on any atom is 0.0196 e. The zero-order valence-corrected chi connectivity index (χ0v) is 10.9. The first kappa shape index (κ1) is 11.4. The van der Waals surface area contributed by atoms with E-state index in [1.54, 1.807) is 11.8 Å². The Morgan fingerprint density at radius 3 is 2.53 bits per heavy atom. The van der Waals surface area contributed by atoms with E-state index in [-0.39, 0.29) is 5.54 Å². The van der Waals surface area contributed by atoms with E-state index in [0.29, 0.717) is 0 Å². The minimum absolute atomic E-state index is 0.116. The van der Waals surface area contributed by atoms with Crippen molar-refractivity contribution in [2.45, 2.75) is 34.6 Å². The molecule has 0 aliphatic heterocycles. The van der Waals surface area contributed by atoms with Gasteiger partial charge in [0, 0.05) is 15.3 Å². The zero-order valence-electron chi connectivity index (χ0n) is 9.25. The van der Waals surface area contributed by atoms with Gasteiger partial charge in [0.2, 0.25) is 0 Å². The molecule has 0 heterocycles. The van der Waals surface area contributed by atoms with Crippen molar-refractivity contribution in [3.05, 3.63) is 23.8 Å². The van der Waals surface area contributed by atoms with Gasteiger partial charge in [-0.05, 0) is 49.5 Å². The molecular formula is C12H17NS2. The van der Waals surface area contributed by atoms with Gasteiger partial charge in [0.15, 0.2) is 0 Å². The molecular weight excluding hydrogens is 222 g/mol. The van der Waals surface area contributed by atoms with Crippen LogP contribution in [0.4, 0.5) is 0 Å². The van der Waals surface area contributed by atoms with Crippen molar-refractivity contribution in [1.82, 2.24) is 0 Å². The molecule has 0 spiro atoms. The van der Waals surface area contributed by atoms with Crippen LogP contribution < -0.4 is 5.73 Å². The second kappa shape index (κ2) is 4.40. The number of hydrogen-bond acceptors (Lipinski definition) is 3. The highest BCUT2D eigenvalue weighted by Gasteiger charge is 2.38. The predicted molar refractivity (Wildman–Crippen MR) is 69.9 cm³/mol. The fraction of sp³-hybridized carbons (Fsp3) is 0.500. The molecule has 1 aromatic carbocycles. The summed E-state index contributed by atoms with van der Waals surface area (Å²) in [5, 5.41) is 0. The monoisotopic (exact) mass is 239 g/mol. The lowest BCUT2D eigenvalue weighted by atomic mass is 10.1. The summed E-state index contributed by atoms with van der Waals surface area (Å²) in [6.45, 7) is 0. The molecule has 0 unspecified atom stereocenters. The average Bonchev–Trinajstić information content (AvgIpc) is 2.97. The van der Waals surface area contributed by atoms with Gasteiger partial charge in [0.1, 0.15) is 0 Å². The van der Waals surface area contributed by atoms with E-state index >= 15 is 0 Å². The smallest absolute Gasteiger partial charge is 0.0196 e. The highest BCUT2D eigenvalue weighted by molar-refractivity contribution is 7.99. The van der Waals surface area contributed by atoms with E-state index in [0.717, 1.165) is 6.42 Å². The van der Waals surface area contributed by atoms with E-state index < -0.39 is 0 Å². The van der Waals surface area contributed by atoms with Gasteiger partial charge in [-0.15, -0.1) is 23.5 Å². The van der Waals surface area contributed by atoms with Crippen LogP contribution >= 0.6 is 23.5 Å². The van der Waals surface area contributed by atoms with Crippen LogP contribution in [-0.2, 0) is 6.42 Å². The maximum absolute atomic E-state index is 6.16. The van der Waals surface area contributed by atoms with Crippen molar-refractivity contribution in [3.63, 3.8) is 0 Å². The molecule has 3 heteroatoms. The molecule has 0 atom stereocenters. The molecule has 1 aliphatic rings. The Balaban J connectivity index is 2.22. The molecule has 82 valence electrons. The number of thioether (sulfide) groups is 2. The van der Waals surface area contributed by atoms with Crippen molar-refractivity contribution in [1.29, 1.82) is 0 Å². The maximum atomic E-state index is 6.16. The van der Waals surface area contributed by atoms with Gasteiger partial charge in [-0.1, -0.05) is 6.07 Å². The van der Waals surface area contributed by atoms with Crippen LogP contribution in [0, 0.1) is 0 Å². The van der Waals surface area contributed by atoms with E-state index in [1.165, 1.54) is 28.2 Å². The first-order valence-electron chi connectivity index (χ1n) is 5.17. The summed E-state index contributed by atoms with van der Waals surface area (Å²) in [5.74, 6) is 0. The topological polar surface area (TPSA) is 26.0 Å². The normalized spacial score (nSPS) is 17.8. The first-order chi connectivity index (χ1) is 7.17. The third kappa shape index (κ3) is 2.71. The Morgan fingerprint density at radius 2 is 2.00 bits per heavy atom. The van der Waals surface area contributed by atoms with Gasteiger partial charge in [-0.25, -0.2) is 0 Å². The Morgan fingerprint density at radius 1 is 1.27 bits per heavy atom. The minimum Gasteiger partial charge on any atom is -0.325 e. The molecule has 2 N–H and O–H groups in total. The van der Waals surface area contributed by atoms with Crippen LogP contribution in [0.3, 0.4) is 0 Å². The van der Waals surface area contributed by atoms with Gasteiger partial charge >= 0.3 is 0 Å². The third-order valence-corrected chi connectivity index (χ3v) is 4.47. The third-order valence-electron chi connectivity index (χ3n) is 2.93. The van der Waals surface area contributed by atoms with E-state index in [9.17, 15) is 0 Å². The number of nitrogens with two attached hydrogens (primary N) is 1. The minimum atomic E-state index is 0.116. The lowest BCUT2D eigenvalue weighted by Gasteiger charge is -2.13. The van der Waals surface area contributed by atoms with Gasteiger partial charge in [0.25, 0.3) is 0 Å². The fourth-order valence-electron chi connectivity index (χ4n) is 1.71. The molecule has 1 aliphatic carbocycles. The Bertz CT molecular complexity index is 359. The van der Waals surface area contributed by atoms with E-state index in [1.807, 2.05) is 11.8 Å². The average molecular weight is 239 g/mol. The number of rotatable bonds is 4. The standard InChI is InChI=1S/C12H17NS2/c1-14-10-4-3-9(11(7-10)15-2)8-12(13)5-6-12/h3-4,7H,5-6,8,13H2,1-2H3. The van der Waals surface area contributed by atoms with Crippen LogP contribution in [0.5, 0.6) is 0 Å². The predicted octanol–water partition coefficient (Wildman–Crippen LogP) is 3.16. The fourth-order valence-corrected chi connectivity index (χ4v) is 2.88. The highest BCUT2D eigenvalue weighted by Crippen LogP contribution is 2.38. The first-order valence-corrected chi connectivity index (χ1v) is 7.62. The summed E-state index contributed by atoms with van der Waals surface area (Å²) in [4.78, 5) is 2.73. The van der Waals surface area contributed by atoms with Crippen LogP contribution in [0.25, 0.3) is 0 Å². The van der Waals surface area contributed by atoms with Crippen molar-refractivity contribution in [2.75, 3.05) is 12.5 Å². The number of hydrogen-bond donors (Lipinski definition) is 1. The molecule has 1 fully saturated rings. The van der Waals surface area contributed by atoms with Gasteiger partial charge in [0.05, 0.1) is 0 Å². The van der Waals surface area contributed by atoms with Crippen LogP contribution in [-0.4, -0.2) is 18.1 Å². The lowest BCUT2D eigenvalue weighted by molar-refractivity contribution is 0.664. The molecule has 0 aromatic heterocycles. The summed E-state index contributed by atoms with van der Waals surface area (Å²) in [6, 6.07) is 6.71. The van der Waals surface area contributed by atoms with Crippen molar-refractivity contribution >= 4 is 23.5 Å². The summed E-state index contributed by atoms with van der Waals surface area (Å²) in [7, 11) is 0. The Hall–Kier alpha value is -0.120. The second-order valence-corrected chi connectivity index (χ2v) is 5.94. The molecule has 0 saturated heterocycles. The van der Waals surface area contributed by atoms with Crippen LogP contribution in [0.1, 0.15) is 18.4 Å². The molecule has 1 saturated carbocycles. The lowest BCUT2D eigenvalue weighted by Crippen LogP contribution is -2.24. The molecule has 2 rings (SSSR count). The molecule has 0 bridgehead atoms. The van der Waals surface area contributed by atoms with Crippen LogP contribution in [0.15, 0.2) is 28.0 Å². The Kier molecular flexibility index (Phi) is 3.33. The van der Waals surface area contributed by atoms with E-state index in [2.05, 4.69) is 30.7 Å². The summed E-state index contributed by atoms with van der Waals surface area (Å²) in [6.07, 6.45) is 7.66. The van der Waals surface area contributed by atoms with Gasteiger partial charge in [-0.2, -0.15) is 0 Å². The molecule has 1 aromatic rings. The molecule has 15 heavy (non-hydrogen) atoms. The van der Waals surface area contributed by atoms with Crippen LogP contribution in [0.2, 0.25) is 0 Å². The largest absolute Gasteiger partial charge is 0.325 e. The second-order valence-electron chi connectivity index (χ2n) is 4.22.